The molecular weight excluding hydrogens is 360 g/mol. The minimum atomic E-state index is -0.0340. The predicted octanol–water partition coefficient (Wildman–Crippen LogP) is 4.31. The molecule has 4 rings (SSSR count). The minimum Gasteiger partial charge on any atom is -0.494 e. The molecule has 1 aliphatic rings. The van der Waals surface area contributed by atoms with E-state index >= 15 is 0 Å². The van der Waals surface area contributed by atoms with E-state index < -0.39 is 0 Å². The van der Waals surface area contributed by atoms with Gasteiger partial charge in [-0.2, -0.15) is 0 Å². The van der Waals surface area contributed by atoms with Crippen LogP contribution in [0.25, 0.3) is 11.3 Å². The lowest BCUT2D eigenvalue weighted by Crippen LogP contribution is -2.39. The molecule has 0 unspecified atom stereocenters. The first-order chi connectivity index (χ1) is 13.2. The number of hydrogen-bond acceptors (Lipinski definition) is 5. The Balaban J connectivity index is 1.44. The van der Waals surface area contributed by atoms with Crippen LogP contribution in [0.4, 0.5) is 5.69 Å². The first kappa shape index (κ1) is 17.5. The second-order valence-electron chi connectivity index (χ2n) is 6.41. The van der Waals surface area contributed by atoms with Crippen LogP contribution in [0.2, 0.25) is 0 Å². The summed E-state index contributed by atoms with van der Waals surface area (Å²) in [5.41, 5.74) is 5.69. The monoisotopic (exact) mass is 380 g/mol. The molecular formula is C21H20N2O3S. The van der Waals surface area contributed by atoms with E-state index in [0.717, 1.165) is 34.9 Å². The SMILES string of the molecule is Cc1ccc(OCCCN2C(=O)COc3ccc(-c4cscn4)cc32)cc1. The second-order valence-corrected chi connectivity index (χ2v) is 7.12. The summed E-state index contributed by atoms with van der Waals surface area (Å²) in [4.78, 5) is 18.5. The zero-order chi connectivity index (χ0) is 18.6. The maximum absolute atomic E-state index is 12.4. The number of nitrogens with zero attached hydrogens (tertiary/aromatic N) is 2. The van der Waals surface area contributed by atoms with E-state index in [2.05, 4.69) is 4.98 Å². The molecule has 138 valence electrons. The van der Waals surface area contributed by atoms with Crippen molar-refractivity contribution in [3.8, 4) is 22.8 Å². The lowest BCUT2D eigenvalue weighted by molar-refractivity contribution is -0.121. The topological polar surface area (TPSA) is 51.7 Å². The van der Waals surface area contributed by atoms with Gasteiger partial charge in [-0.05, 0) is 43.7 Å². The Morgan fingerprint density at radius 2 is 2.07 bits per heavy atom. The van der Waals surface area contributed by atoms with Crippen LogP contribution in [0.3, 0.4) is 0 Å². The van der Waals surface area contributed by atoms with Gasteiger partial charge in [0, 0.05) is 17.5 Å². The fraction of sp³-hybridized carbons (Fsp3) is 0.238. The first-order valence-electron chi connectivity index (χ1n) is 8.86. The largest absolute Gasteiger partial charge is 0.494 e. The molecule has 0 fully saturated rings. The Morgan fingerprint density at radius 3 is 2.85 bits per heavy atom. The fourth-order valence-corrected chi connectivity index (χ4v) is 3.57. The van der Waals surface area contributed by atoms with Crippen LogP contribution in [0.5, 0.6) is 11.5 Å². The number of ether oxygens (including phenoxy) is 2. The van der Waals surface area contributed by atoms with Gasteiger partial charge in [-0.1, -0.05) is 17.7 Å². The number of aryl methyl sites for hydroxylation is 1. The molecule has 0 saturated carbocycles. The molecule has 1 aliphatic heterocycles. The summed E-state index contributed by atoms with van der Waals surface area (Å²) in [5, 5.41) is 1.99. The quantitative estimate of drug-likeness (QED) is 0.598. The van der Waals surface area contributed by atoms with Gasteiger partial charge in [0.25, 0.3) is 5.91 Å². The molecule has 1 aromatic heterocycles. The van der Waals surface area contributed by atoms with Crippen molar-refractivity contribution in [2.75, 3.05) is 24.7 Å². The predicted molar refractivity (Wildman–Crippen MR) is 107 cm³/mol. The number of fused-ring (bicyclic) bond motifs is 1. The van der Waals surface area contributed by atoms with Gasteiger partial charge < -0.3 is 14.4 Å². The van der Waals surface area contributed by atoms with Crippen molar-refractivity contribution in [3.05, 3.63) is 58.9 Å². The summed E-state index contributed by atoms with van der Waals surface area (Å²) in [5.74, 6) is 1.54. The highest BCUT2D eigenvalue weighted by molar-refractivity contribution is 7.07. The van der Waals surface area contributed by atoms with Gasteiger partial charge in [-0.25, -0.2) is 4.98 Å². The highest BCUT2D eigenvalue weighted by Gasteiger charge is 2.25. The van der Waals surface area contributed by atoms with Gasteiger partial charge in [-0.15, -0.1) is 11.3 Å². The first-order valence-corrected chi connectivity index (χ1v) is 9.80. The Labute approximate surface area is 162 Å². The molecule has 0 bridgehead atoms. The highest BCUT2D eigenvalue weighted by atomic mass is 32.1. The summed E-state index contributed by atoms with van der Waals surface area (Å²) in [6, 6.07) is 13.8. The van der Waals surface area contributed by atoms with E-state index in [4.69, 9.17) is 9.47 Å². The molecule has 0 N–H and O–H groups in total. The molecule has 0 atom stereocenters. The van der Waals surface area contributed by atoms with Crippen molar-refractivity contribution in [1.29, 1.82) is 0 Å². The number of aromatic nitrogens is 1. The molecule has 0 radical (unpaired) electrons. The van der Waals surface area contributed by atoms with E-state index in [9.17, 15) is 4.79 Å². The molecule has 3 aromatic rings. The lowest BCUT2D eigenvalue weighted by Gasteiger charge is -2.29. The Kier molecular flexibility index (Phi) is 5.07. The third kappa shape index (κ3) is 3.95. The fourth-order valence-electron chi connectivity index (χ4n) is 3.01. The number of hydrogen-bond donors (Lipinski definition) is 0. The Morgan fingerprint density at radius 1 is 1.22 bits per heavy atom. The second kappa shape index (κ2) is 7.80. The van der Waals surface area contributed by atoms with Crippen molar-refractivity contribution in [2.45, 2.75) is 13.3 Å². The summed E-state index contributed by atoms with van der Waals surface area (Å²) in [6.07, 6.45) is 0.736. The smallest absolute Gasteiger partial charge is 0.265 e. The minimum absolute atomic E-state index is 0.0340. The maximum Gasteiger partial charge on any atom is 0.265 e. The van der Waals surface area contributed by atoms with E-state index in [1.165, 1.54) is 5.56 Å². The van der Waals surface area contributed by atoms with Crippen LogP contribution in [0.1, 0.15) is 12.0 Å². The van der Waals surface area contributed by atoms with Gasteiger partial charge >= 0.3 is 0 Å². The molecule has 0 saturated heterocycles. The van der Waals surface area contributed by atoms with Crippen molar-refractivity contribution in [3.63, 3.8) is 0 Å². The van der Waals surface area contributed by atoms with Gasteiger partial charge in [0.15, 0.2) is 6.61 Å². The number of rotatable bonds is 6. The Bertz CT molecular complexity index is 923. The summed E-state index contributed by atoms with van der Waals surface area (Å²) < 4.78 is 11.4. The maximum atomic E-state index is 12.4. The molecule has 2 aromatic carbocycles. The van der Waals surface area contributed by atoms with Crippen LogP contribution >= 0.6 is 11.3 Å². The van der Waals surface area contributed by atoms with Crippen molar-refractivity contribution >= 4 is 22.9 Å². The van der Waals surface area contributed by atoms with Crippen LogP contribution in [-0.2, 0) is 4.79 Å². The van der Waals surface area contributed by atoms with Gasteiger partial charge in [-0.3, -0.25) is 4.79 Å². The van der Waals surface area contributed by atoms with Crippen molar-refractivity contribution in [1.82, 2.24) is 4.98 Å². The van der Waals surface area contributed by atoms with Crippen molar-refractivity contribution < 1.29 is 14.3 Å². The normalized spacial score (nSPS) is 13.2. The summed E-state index contributed by atoms with van der Waals surface area (Å²) >= 11 is 1.55. The van der Waals surface area contributed by atoms with E-state index in [-0.39, 0.29) is 12.5 Å². The van der Waals surface area contributed by atoms with Crippen molar-refractivity contribution in [2.24, 2.45) is 0 Å². The van der Waals surface area contributed by atoms with Gasteiger partial charge in [0.1, 0.15) is 11.5 Å². The molecule has 0 aliphatic carbocycles. The van der Waals surface area contributed by atoms with E-state index in [1.54, 1.807) is 21.7 Å². The number of thiazole rings is 1. The van der Waals surface area contributed by atoms with E-state index in [1.807, 2.05) is 54.8 Å². The molecule has 27 heavy (non-hydrogen) atoms. The number of amides is 1. The Hall–Kier alpha value is -2.86. The highest BCUT2D eigenvalue weighted by Crippen LogP contribution is 2.36. The molecule has 2 heterocycles. The van der Waals surface area contributed by atoms with Crippen LogP contribution in [0.15, 0.2) is 53.4 Å². The number of anilines is 1. The van der Waals surface area contributed by atoms with Gasteiger partial charge in [0.05, 0.1) is 23.5 Å². The lowest BCUT2D eigenvalue weighted by atomic mass is 10.1. The van der Waals surface area contributed by atoms with Gasteiger partial charge in [0.2, 0.25) is 0 Å². The average Bonchev–Trinajstić information content (AvgIpc) is 3.22. The average molecular weight is 380 g/mol. The molecule has 5 nitrogen and oxygen atoms in total. The summed E-state index contributed by atoms with van der Waals surface area (Å²) in [6.45, 7) is 3.25. The number of carbonyl (C=O) groups is 1. The zero-order valence-corrected chi connectivity index (χ0v) is 15.9. The van der Waals surface area contributed by atoms with Crippen LogP contribution < -0.4 is 14.4 Å². The molecule has 0 spiro atoms. The van der Waals surface area contributed by atoms with E-state index in [0.29, 0.717) is 13.2 Å². The van der Waals surface area contributed by atoms with Crippen LogP contribution in [-0.4, -0.2) is 30.6 Å². The standard InChI is InChI=1S/C21H20N2O3S/c1-15-3-6-17(7-4-15)25-10-2-9-23-19-11-16(18-13-27-14-22-18)5-8-20(19)26-12-21(23)24/h3-8,11,13-14H,2,9-10,12H2,1H3. The zero-order valence-electron chi connectivity index (χ0n) is 15.1. The third-order valence-electron chi connectivity index (χ3n) is 4.45. The van der Waals surface area contributed by atoms with Crippen LogP contribution in [0, 0.1) is 6.92 Å². The summed E-state index contributed by atoms with van der Waals surface area (Å²) in [7, 11) is 0. The molecule has 6 heteroatoms. The number of carbonyl (C=O) groups excluding carboxylic acids is 1. The number of benzene rings is 2. The third-order valence-corrected chi connectivity index (χ3v) is 5.03. The molecule has 1 amide bonds.